The van der Waals surface area contributed by atoms with Gasteiger partial charge in [-0.3, -0.25) is 4.90 Å². The van der Waals surface area contributed by atoms with Crippen LogP contribution in [-0.2, 0) is 18.4 Å². The van der Waals surface area contributed by atoms with Gasteiger partial charge < -0.3 is 25.2 Å². The Labute approximate surface area is 212 Å². The maximum atomic E-state index is 13.3. The zero-order chi connectivity index (χ0) is 24.7. The van der Waals surface area contributed by atoms with Crippen molar-refractivity contribution in [3.63, 3.8) is 0 Å². The van der Waals surface area contributed by atoms with E-state index in [4.69, 9.17) is 4.74 Å². The summed E-state index contributed by atoms with van der Waals surface area (Å²) in [6, 6.07) is 13.4. The molecule has 7 heteroatoms. The number of carbonyl (C=O) groups is 1. The van der Waals surface area contributed by atoms with Crippen LogP contribution in [-0.4, -0.2) is 70.0 Å². The first-order chi connectivity index (χ1) is 17.4. The maximum absolute atomic E-state index is 13.3. The SMILES string of the molecule is CN(Cc1ccccc1)C(=O)N[C@@H]1CC[C@@]2(O)[C@H]3Cc4ccc(O)c5c4[C@@]2(CCN3CC2CC2)[C@H]1O5. The lowest BCUT2D eigenvalue weighted by Crippen LogP contribution is -2.78. The molecule has 2 amide bonds. The number of likely N-dealkylation sites (tertiary alicyclic amines) is 1. The molecule has 0 radical (unpaired) electrons. The van der Waals surface area contributed by atoms with E-state index in [1.807, 2.05) is 36.4 Å². The Balaban J connectivity index is 1.21. The molecule has 2 bridgehead atoms. The third-order valence-electron chi connectivity index (χ3n) is 9.68. The number of phenolic OH excluding ortho intramolecular Hbond substituents is 1. The van der Waals surface area contributed by atoms with Gasteiger partial charge in [-0.25, -0.2) is 4.79 Å². The molecule has 1 spiro atoms. The fraction of sp³-hybridized carbons (Fsp3) is 0.552. The highest BCUT2D eigenvalue weighted by Crippen LogP contribution is 2.65. The van der Waals surface area contributed by atoms with E-state index in [-0.39, 0.29) is 23.9 Å². The highest BCUT2D eigenvalue weighted by molar-refractivity contribution is 5.75. The maximum Gasteiger partial charge on any atom is 0.317 e. The zero-order valence-corrected chi connectivity index (χ0v) is 20.8. The summed E-state index contributed by atoms with van der Waals surface area (Å²) in [6.07, 6.45) is 4.98. The highest BCUT2D eigenvalue weighted by atomic mass is 16.5. The van der Waals surface area contributed by atoms with Crippen molar-refractivity contribution in [1.82, 2.24) is 15.1 Å². The molecule has 2 heterocycles. The number of nitrogens with one attached hydrogen (secondary N) is 1. The van der Waals surface area contributed by atoms with Gasteiger partial charge in [-0.2, -0.15) is 0 Å². The van der Waals surface area contributed by atoms with E-state index in [9.17, 15) is 15.0 Å². The molecule has 3 fully saturated rings. The van der Waals surface area contributed by atoms with Crippen molar-refractivity contribution in [2.24, 2.45) is 5.92 Å². The van der Waals surface area contributed by atoms with Crippen LogP contribution in [0.25, 0.3) is 0 Å². The molecule has 2 aromatic rings. The number of carbonyl (C=O) groups excluding carboxylic acids is 1. The van der Waals surface area contributed by atoms with Gasteiger partial charge in [0.2, 0.25) is 0 Å². The number of phenols is 1. The minimum absolute atomic E-state index is 0.0401. The summed E-state index contributed by atoms with van der Waals surface area (Å²) in [4.78, 5) is 17.5. The zero-order valence-electron chi connectivity index (χ0n) is 20.8. The van der Waals surface area contributed by atoms with Crippen LogP contribution >= 0.6 is 0 Å². The number of benzene rings is 2. The molecule has 5 atom stereocenters. The lowest BCUT2D eigenvalue weighted by atomic mass is 9.48. The quantitative estimate of drug-likeness (QED) is 0.601. The topological polar surface area (TPSA) is 85.3 Å². The summed E-state index contributed by atoms with van der Waals surface area (Å²) >= 11 is 0. The van der Waals surface area contributed by atoms with Crippen LogP contribution in [0, 0.1) is 5.92 Å². The van der Waals surface area contributed by atoms with Crippen LogP contribution < -0.4 is 10.1 Å². The van der Waals surface area contributed by atoms with Gasteiger partial charge in [0.25, 0.3) is 0 Å². The fourth-order valence-electron chi connectivity index (χ4n) is 7.83. The van der Waals surface area contributed by atoms with Gasteiger partial charge in [0.15, 0.2) is 11.5 Å². The molecule has 190 valence electrons. The van der Waals surface area contributed by atoms with Gasteiger partial charge in [0, 0.05) is 31.7 Å². The summed E-state index contributed by atoms with van der Waals surface area (Å²) in [5.74, 6) is 1.40. The average Bonchev–Trinajstić information content (AvgIpc) is 3.61. The first-order valence-electron chi connectivity index (χ1n) is 13.4. The van der Waals surface area contributed by atoms with E-state index in [0.29, 0.717) is 25.1 Å². The standard InChI is InChI=1S/C29H35N3O4/c1-31(16-18-5-3-2-4-6-18)27(34)30-21-11-12-29(35)23-15-20-9-10-22(33)25-24(20)28(29,26(21)36-25)13-14-32(23)17-19-7-8-19/h2-6,9-10,19,21,23,26,33,35H,7-8,11-17H2,1H3,(H,30,34)/t21-,23-,26+,28+,29-/m1/s1. The number of ether oxygens (including phenoxy) is 1. The third kappa shape index (κ3) is 3.08. The lowest BCUT2D eigenvalue weighted by Gasteiger charge is -2.64. The van der Waals surface area contributed by atoms with E-state index >= 15 is 0 Å². The molecule has 0 aromatic heterocycles. The largest absolute Gasteiger partial charge is 0.504 e. The van der Waals surface area contributed by atoms with Gasteiger partial charge in [-0.1, -0.05) is 36.4 Å². The number of aromatic hydroxyl groups is 1. The second-order valence-corrected chi connectivity index (χ2v) is 11.7. The highest BCUT2D eigenvalue weighted by Gasteiger charge is 2.73. The Morgan fingerprint density at radius 1 is 1.17 bits per heavy atom. The minimum atomic E-state index is -0.936. The van der Waals surface area contributed by atoms with Crippen molar-refractivity contribution < 1.29 is 19.7 Å². The smallest absolute Gasteiger partial charge is 0.317 e. The van der Waals surface area contributed by atoms with Gasteiger partial charge in [0.1, 0.15) is 6.10 Å². The molecule has 1 saturated heterocycles. The third-order valence-corrected chi connectivity index (χ3v) is 9.68. The molecule has 0 unspecified atom stereocenters. The summed E-state index contributed by atoms with van der Waals surface area (Å²) in [6.45, 7) is 2.48. The number of rotatable bonds is 5. The number of piperidine rings is 1. The lowest BCUT2D eigenvalue weighted by molar-refractivity contribution is -0.191. The predicted octanol–water partition coefficient (Wildman–Crippen LogP) is 3.17. The summed E-state index contributed by atoms with van der Waals surface area (Å²) in [7, 11) is 1.81. The first-order valence-corrected chi connectivity index (χ1v) is 13.4. The average molecular weight is 490 g/mol. The fourth-order valence-corrected chi connectivity index (χ4v) is 7.83. The van der Waals surface area contributed by atoms with Gasteiger partial charge in [-0.05, 0) is 68.2 Å². The van der Waals surface area contributed by atoms with E-state index in [2.05, 4.69) is 10.2 Å². The van der Waals surface area contributed by atoms with E-state index in [1.165, 1.54) is 18.4 Å². The van der Waals surface area contributed by atoms with Crippen molar-refractivity contribution in [3.8, 4) is 11.5 Å². The Hall–Kier alpha value is -2.77. The Kier molecular flexibility index (Phi) is 4.90. The van der Waals surface area contributed by atoms with Gasteiger partial charge in [-0.15, -0.1) is 0 Å². The Morgan fingerprint density at radius 3 is 2.75 bits per heavy atom. The molecule has 7 rings (SSSR count). The van der Waals surface area contributed by atoms with Crippen LogP contribution in [0.2, 0.25) is 0 Å². The second-order valence-electron chi connectivity index (χ2n) is 11.7. The molecule has 2 saturated carbocycles. The monoisotopic (exact) mass is 489 g/mol. The van der Waals surface area contributed by atoms with Gasteiger partial charge >= 0.3 is 6.03 Å². The molecule has 3 aliphatic carbocycles. The molecule has 3 N–H and O–H groups in total. The Bertz CT molecular complexity index is 1200. The number of hydrogen-bond acceptors (Lipinski definition) is 5. The van der Waals surface area contributed by atoms with Gasteiger partial charge in [0.05, 0.1) is 17.1 Å². The van der Waals surface area contributed by atoms with Crippen molar-refractivity contribution in [2.45, 2.75) is 74.3 Å². The molecule has 2 aromatic carbocycles. The Morgan fingerprint density at radius 2 is 1.97 bits per heavy atom. The van der Waals surface area contributed by atoms with Crippen molar-refractivity contribution in [2.75, 3.05) is 20.1 Å². The molecular weight excluding hydrogens is 454 g/mol. The summed E-state index contributed by atoms with van der Waals surface area (Å²) in [5, 5.41) is 26.6. The van der Waals surface area contributed by atoms with Crippen LogP contribution in [0.15, 0.2) is 42.5 Å². The summed E-state index contributed by atoms with van der Waals surface area (Å²) in [5.41, 5.74) is 1.69. The molecular formula is C29H35N3O4. The molecule has 36 heavy (non-hydrogen) atoms. The number of nitrogens with zero attached hydrogens (tertiary/aromatic N) is 2. The van der Waals surface area contributed by atoms with Crippen LogP contribution in [0.4, 0.5) is 4.79 Å². The molecule has 2 aliphatic heterocycles. The molecule has 5 aliphatic rings. The van der Waals surface area contributed by atoms with Crippen molar-refractivity contribution in [3.05, 3.63) is 59.2 Å². The molecule has 7 nitrogen and oxygen atoms in total. The number of hydrogen-bond donors (Lipinski definition) is 3. The van der Waals surface area contributed by atoms with E-state index in [0.717, 1.165) is 43.0 Å². The van der Waals surface area contributed by atoms with Crippen molar-refractivity contribution in [1.29, 1.82) is 0 Å². The van der Waals surface area contributed by atoms with Crippen LogP contribution in [0.3, 0.4) is 0 Å². The number of amides is 2. The second kappa shape index (κ2) is 7.86. The van der Waals surface area contributed by atoms with Crippen molar-refractivity contribution >= 4 is 6.03 Å². The number of aliphatic hydroxyl groups is 1. The van der Waals surface area contributed by atoms with Crippen LogP contribution in [0.5, 0.6) is 11.5 Å². The number of urea groups is 1. The normalized spacial score (nSPS) is 34.0. The summed E-state index contributed by atoms with van der Waals surface area (Å²) < 4.78 is 6.55. The van der Waals surface area contributed by atoms with E-state index < -0.39 is 17.1 Å². The van der Waals surface area contributed by atoms with E-state index in [1.54, 1.807) is 18.0 Å². The predicted molar refractivity (Wildman–Crippen MR) is 135 cm³/mol. The van der Waals surface area contributed by atoms with Crippen LogP contribution in [0.1, 0.15) is 48.8 Å². The first kappa shape index (κ1) is 22.4. The minimum Gasteiger partial charge on any atom is -0.504 e.